The number of rotatable bonds is 5. The SMILES string of the molecule is O=C(NCCC[C@H]1CCCCO1)N1CCN(c2ncccn2)CC1. The van der Waals surface area contributed by atoms with Gasteiger partial charge in [-0.2, -0.15) is 0 Å². The molecule has 0 saturated carbocycles. The molecule has 2 fully saturated rings. The van der Waals surface area contributed by atoms with E-state index in [2.05, 4.69) is 20.2 Å². The second kappa shape index (κ2) is 8.82. The van der Waals surface area contributed by atoms with Gasteiger partial charge in [-0.15, -0.1) is 0 Å². The summed E-state index contributed by atoms with van der Waals surface area (Å²) < 4.78 is 5.71. The molecule has 132 valence electrons. The minimum absolute atomic E-state index is 0.0354. The molecule has 7 nitrogen and oxygen atoms in total. The van der Waals surface area contributed by atoms with Crippen LogP contribution in [-0.2, 0) is 4.74 Å². The van der Waals surface area contributed by atoms with Crippen molar-refractivity contribution in [1.82, 2.24) is 20.2 Å². The van der Waals surface area contributed by atoms with Crippen molar-refractivity contribution in [1.29, 1.82) is 0 Å². The normalized spacial score (nSPS) is 21.6. The Kier molecular flexibility index (Phi) is 6.23. The smallest absolute Gasteiger partial charge is 0.317 e. The summed E-state index contributed by atoms with van der Waals surface area (Å²) in [5, 5.41) is 3.03. The average molecular weight is 333 g/mol. The molecule has 2 aliphatic heterocycles. The maximum atomic E-state index is 12.2. The van der Waals surface area contributed by atoms with Crippen molar-refractivity contribution in [3.8, 4) is 0 Å². The van der Waals surface area contributed by atoms with Gasteiger partial charge in [0.05, 0.1) is 6.10 Å². The van der Waals surface area contributed by atoms with E-state index in [1.807, 2.05) is 11.0 Å². The molecule has 0 spiro atoms. The van der Waals surface area contributed by atoms with Gasteiger partial charge in [0, 0.05) is 51.7 Å². The number of amides is 2. The fourth-order valence-corrected chi connectivity index (χ4v) is 3.24. The lowest BCUT2D eigenvalue weighted by atomic mass is 10.0. The molecule has 24 heavy (non-hydrogen) atoms. The number of hydrogen-bond acceptors (Lipinski definition) is 5. The molecule has 7 heteroatoms. The van der Waals surface area contributed by atoms with Crippen molar-refractivity contribution in [2.24, 2.45) is 0 Å². The van der Waals surface area contributed by atoms with Crippen LogP contribution in [0, 0.1) is 0 Å². The number of carbonyl (C=O) groups is 1. The molecule has 0 bridgehead atoms. The summed E-state index contributed by atoms with van der Waals surface area (Å²) in [5.41, 5.74) is 0. The predicted octanol–water partition coefficient (Wildman–Crippen LogP) is 1.66. The Morgan fingerprint density at radius 2 is 2.00 bits per heavy atom. The van der Waals surface area contributed by atoms with Gasteiger partial charge in [-0.3, -0.25) is 0 Å². The molecule has 2 saturated heterocycles. The summed E-state index contributed by atoms with van der Waals surface area (Å²) in [6, 6.07) is 1.85. The van der Waals surface area contributed by atoms with Crippen molar-refractivity contribution < 1.29 is 9.53 Å². The largest absolute Gasteiger partial charge is 0.378 e. The summed E-state index contributed by atoms with van der Waals surface area (Å²) in [7, 11) is 0. The summed E-state index contributed by atoms with van der Waals surface area (Å²) in [4.78, 5) is 24.7. The van der Waals surface area contributed by atoms with Crippen LogP contribution in [0.3, 0.4) is 0 Å². The summed E-state index contributed by atoms with van der Waals surface area (Å²) in [5.74, 6) is 0.741. The highest BCUT2D eigenvalue weighted by Gasteiger charge is 2.22. The zero-order valence-electron chi connectivity index (χ0n) is 14.2. The monoisotopic (exact) mass is 333 g/mol. The van der Waals surface area contributed by atoms with Gasteiger partial charge < -0.3 is 19.9 Å². The van der Waals surface area contributed by atoms with Crippen LogP contribution in [0.1, 0.15) is 32.1 Å². The van der Waals surface area contributed by atoms with Crippen LogP contribution < -0.4 is 10.2 Å². The van der Waals surface area contributed by atoms with Gasteiger partial charge in [-0.1, -0.05) is 0 Å². The first kappa shape index (κ1) is 17.0. The molecule has 2 aliphatic rings. The number of hydrogen-bond donors (Lipinski definition) is 1. The third kappa shape index (κ3) is 4.80. The van der Waals surface area contributed by atoms with Crippen LogP contribution in [0.25, 0.3) is 0 Å². The number of urea groups is 1. The van der Waals surface area contributed by atoms with E-state index in [-0.39, 0.29) is 6.03 Å². The van der Waals surface area contributed by atoms with Gasteiger partial charge in [0.2, 0.25) is 5.95 Å². The third-order valence-electron chi connectivity index (χ3n) is 4.65. The molecular formula is C17H27N5O2. The quantitative estimate of drug-likeness (QED) is 0.830. The first-order valence-electron chi connectivity index (χ1n) is 8.99. The number of anilines is 1. The molecule has 0 radical (unpaired) electrons. The van der Waals surface area contributed by atoms with E-state index in [0.29, 0.717) is 19.2 Å². The van der Waals surface area contributed by atoms with Crippen LogP contribution in [0.5, 0.6) is 0 Å². The fourth-order valence-electron chi connectivity index (χ4n) is 3.24. The Balaban J connectivity index is 1.32. The molecule has 0 aromatic carbocycles. The van der Waals surface area contributed by atoms with Crippen LogP contribution in [-0.4, -0.2) is 66.3 Å². The maximum Gasteiger partial charge on any atom is 0.317 e. The van der Waals surface area contributed by atoms with Gasteiger partial charge in [0.15, 0.2) is 0 Å². The highest BCUT2D eigenvalue weighted by Crippen LogP contribution is 2.16. The highest BCUT2D eigenvalue weighted by molar-refractivity contribution is 5.74. The number of aromatic nitrogens is 2. The Morgan fingerprint density at radius 1 is 1.21 bits per heavy atom. The zero-order valence-corrected chi connectivity index (χ0v) is 14.2. The number of ether oxygens (including phenoxy) is 1. The molecular weight excluding hydrogens is 306 g/mol. The third-order valence-corrected chi connectivity index (χ3v) is 4.65. The van der Waals surface area contributed by atoms with Crippen LogP contribution in [0.15, 0.2) is 18.5 Å². The van der Waals surface area contributed by atoms with E-state index in [0.717, 1.165) is 51.5 Å². The van der Waals surface area contributed by atoms with Gasteiger partial charge in [-0.25, -0.2) is 14.8 Å². The van der Waals surface area contributed by atoms with Gasteiger partial charge in [0.1, 0.15) is 0 Å². The van der Waals surface area contributed by atoms with Gasteiger partial charge >= 0.3 is 6.03 Å². The Morgan fingerprint density at radius 3 is 2.71 bits per heavy atom. The number of piperazine rings is 1. The second-order valence-corrected chi connectivity index (χ2v) is 6.39. The van der Waals surface area contributed by atoms with Gasteiger partial charge in [0.25, 0.3) is 0 Å². The van der Waals surface area contributed by atoms with E-state index in [9.17, 15) is 4.79 Å². The molecule has 0 unspecified atom stereocenters. The molecule has 1 N–H and O–H groups in total. The summed E-state index contributed by atoms with van der Waals surface area (Å²) in [6.07, 6.45) is 9.53. The van der Waals surface area contributed by atoms with Crippen LogP contribution in [0.4, 0.5) is 10.7 Å². The highest BCUT2D eigenvalue weighted by atomic mass is 16.5. The maximum absolute atomic E-state index is 12.2. The zero-order chi connectivity index (χ0) is 16.6. The van der Waals surface area contributed by atoms with E-state index in [4.69, 9.17) is 4.74 Å². The lowest BCUT2D eigenvalue weighted by Crippen LogP contribution is -2.52. The molecule has 0 aliphatic carbocycles. The van der Waals surface area contributed by atoms with E-state index in [1.165, 1.54) is 12.8 Å². The molecule has 1 aromatic heterocycles. The van der Waals surface area contributed by atoms with E-state index < -0.39 is 0 Å². The minimum atomic E-state index is 0.0354. The van der Waals surface area contributed by atoms with Crippen molar-refractivity contribution in [2.45, 2.75) is 38.2 Å². The molecule has 3 rings (SSSR count). The molecule has 3 heterocycles. The van der Waals surface area contributed by atoms with Gasteiger partial charge in [-0.05, 0) is 38.2 Å². The van der Waals surface area contributed by atoms with E-state index in [1.54, 1.807) is 12.4 Å². The Bertz CT molecular complexity index is 499. The topological polar surface area (TPSA) is 70.6 Å². The second-order valence-electron chi connectivity index (χ2n) is 6.39. The minimum Gasteiger partial charge on any atom is -0.378 e. The Hall–Kier alpha value is -1.89. The number of carbonyl (C=O) groups excluding carboxylic acids is 1. The van der Waals surface area contributed by atoms with Crippen LogP contribution in [0.2, 0.25) is 0 Å². The fraction of sp³-hybridized carbons (Fsp3) is 0.706. The van der Waals surface area contributed by atoms with Crippen molar-refractivity contribution in [3.63, 3.8) is 0 Å². The van der Waals surface area contributed by atoms with Crippen molar-refractivity contribution in [2.75, 3.05) is 44.2 Å². The average Bonchev–Trinajstić information content (AvgIpc) is 2.67. The first-order chi connectivity index (χ1) is 11.8. The Labute approximate surface area is 143 Å². The molecule has 1 atom stereocenters. The lowest BCUT2D eigenvalue weighted by molar-refractivity contribution is 0.0102. The molecule has 2 amide bonds. The number of nitrogens with one attached hydrogen (secondary N) is 1. The standard InChI is InChI=1S/C17H27N5O2/c23-17(20-7-3-6-15-5-1-2-14-24-15)22-12-10-21(11-13-22)16-18-8-4-9-19-16/h4,8-9,15H,1-3,5-7,10-14H2,(H,20,23)/t15-/m1/s1. The first-order valence-corrected chi connectivity index (χ1v) is 8.99. The summed E-state index contributed by atoms with van der Waals surface area (Å²) in [6.45, 7) is 4.57. The predicted molar refractivity (Wildman–Crippen MR) is 92.0 cm³/mol. The molecule has 1 aromatic rings. The lowest BCUT2D eigenvalue weighted by Gasteiger charge is -2.34. The van der Waals surface area contributed by atoms with Crippen molar-refractivity contribution >= 4 is 12.0 Å². The number of nitrogens with zero attached hydrogens (tertiary/aromatic N) is 4. The van der Waals surface area contributed by atoms with Crippen LogP contribution >= 0.6 is 0 Å². The van der Waals surface area contributed by atoms with E-state index >= 15 is 0 Å². The van der Waals surface area contributed by atoms with Crippen molar-refractivity contribution in [3.05, 3.63) is 18.5 Å². The summed E-state index contributed by atoms with van der Waals surface area (Å²) >= 11 is 0.